The lowest BCUT2D eigenvalue weighted by Crippen LogP contribution is -2.46. The Morgan fingerprint density at radius 3 is 2.28 bits per heavy atom. The molecule has 3 rings (SSSR count). The van der Waals surface area contributed by atoms with Gasteiger partial charge >= 0.3 is 0 Å². The highest BCUT2D eigenvalue weighted by atomic mass is 19.2. The van der Waals surface area contributed by atoms with Gasteiger partial charge in [-0.2, -0.15) is 0 Å². The first-order valence-corrected chi connectivity index (χ1v) is 8.81. The molecule has 134 valence electrons. The van der Waals surface area contributed by atoms with Crippen LogP contribution >= 0.6 is 0 Å². The summed E-state index contributed by atoms with van der Waals surface area (Å²) in [5, 5.41) is 0. The second kappa shape index (κ2) is 8.52. The topological polar surface area (TPSA) is 32.5 Å². The number of benzene rings is 2. The number of hydrogen-bond acceptors (Lipinski definition) is 3. The fraction of sp³-hybridized carbons (Fsp3) is 0.400. The monoisotopic (exact) mass is 345 g/mol. The van der Waals surface area contributed by atoms with Crippen LogP contribution < -0.4 is 5.73 Å². The van der Waals surface area contributed by atoms with Crippen LogP contribution in [-0.4, -0.2) is 42.5 Å². The van der Waals surface area contributed by atoms with Gasteiger partial charge in [-0.1, -0.05) is 42.5 Å². The molecule has 5 heteroatoms. The molecular formula is C20H25F2N3. The van der Waals surface area contributed by atoms with Gasteiger partial charge in [-0.05, 0) is 18.1 Å². The summed E-state index contributed by atoms with van der Waals surface area (Å²) in [4.78, 5) is 4.79. The zero-order chi connectivity index (χ0) is 17.6. The van der Waals surface area contributed by atoms with E-state index in [-0.39, 0.29) is 5.56 Å². The summed E-state index contributed by atoms with van der Waals surface area (Å²) in [5.74, 6) is -1.65. The largest absolute Gasteiger partial charge is 0.324 e. The third-order valence-electron chi connectivity index (χ3n) is 4.85. The molecule has 0 spiro atoms. The van der Waals surface area contributed by atoms with Gasteiger partial charge in [-0.25, -0.2) is 8.78 Å². The van der Waals surface area contributed by atoms with E-state index in [1.165, 1.54) is 11.6 Å². The van der Waals surface area contributed by atoms with E-state index in [2.05, 4.69) is 34.1 Å². The SMILES string of the molecule is NC(CCN1CCN(Cc2ccccc2)CC1)c1cccc(F)c1F. The lowest BCUT2D eigenvalue weighted by molar-refractivity contribution is 0.124. The quantitative estimate of drug-likeness (QED) is 0.873. The molecule has 1 fully saturated rings. The molecule has 1 atom stereocenters. The molecule has 0 saturated carbocycles. The minimum absolute atomic E-state index is 0.266. The minimum Gasteiger partial charge on any atom is -0.324 e. The van der Waals surface area contributed by atoms with E-state index in [0.29, 0.717) is 6.42 Å². The third-order valence-corrected chi connectivity index (χ3v) is 4.85. The maximum atomic E-state index is 13.8. The molecule has 1 unspecified atom stereocenters. The second-order valence-corrected chi connectivity index (χ2v) is 6.64. The molecule has 0 amide bonds. The molecule has 1 saturated heterocycles. The Kier molecular flexibility index (Phi) is 6.13. The Hall–Kier alpha value is -1.82. The number of rotatable bonds is 6. The maximum Gasteiger partial charge on any atom is 0.163 e. The van der Waals surface area contributed by atoms with Crippen molar-refractivity contribution in [2.45, 2.75) is 19.0 Å². The molecule has 3 nitrogen and oxygen atoms in total. The van der Waals surface area contributed by atoms with Crippen molar-refractivity contribution >= 4 is 0 Å². The highest BCUT2D eigenvalue weighted by molar-refractivity contribution is 5.22. The van der Waals surface area contributed by atoms with Gasteiger partial charge in [-0.3, -0.25) is 4.90 Å². The van der Waals surface area contributed by atoms with Gasteiger partial charge in [0.05, 0.1) is 0 Å². The highest BCUT2D eigenvalue weighted by Crippen LogP contribution is 2.20. The van der Waals surface area contributed by atoms with Crippen molar-refractivity contribution in [2.75, 3.05) is 32.7 Å². The van der Waals surface area contributed by atoms with Crippen LogP contribution in [0.4, 0.5) is 8.78 Å². The van der Waals surface area contributed by atoms with Gasteiger partial charge in [0.1, 0.15) is 0 Å². The van der Waals surface area contributed by atoms with E-state index in [0.717, 1.165) is 45.3 Å². The van der Waals surface area contributed by atoms with Gasteiger partial charge in [0, 0.05) is 50.9 Å². The van der Waals surface area contributed by atoms with E-state index in [9.17, 15) is 8.78 Å². The number of nitrogens with zero attached hydrogens (tertiary/aromatic N) is 2. The highest BCUT2D eigenvalue weighted by Gasteiger charge is 2.19. The summed E-state index contributed by atoms with van der Waals surface area (Å²) in [7, 11) is 0. The van der Waals surface area contributed by atoms with Crippen molar-refractivity contribution in [1.29, 1.82) is 0 Å². The van der Waals surface area contributed by atoms with Crippen molar-refractivity contribution in [2.24, 2.45) is 5.73 Å². The van der Waals surface area contributed by atoms with Crippen LogP contribution in [0.25, 0.3) is 0 Å². The molecule has 1 heterocycles. The zero-order valence-electron chi connectivity index (χ0n) is 14.4. The molecule has 0 radical (unpaired) electrons. The van der Waals surface area contributed by atoms with Gasteiger partial charge in [0.25, 0.3) is 0 Å². The second-order valence-electron chi connectivity index (χ2n) is 6.64. The number of piperazine rings is 1. The zero-order valence-corrected chi connectivity index (χ0v) is 14.4. The average molecular weight is 345 g/mol. The Bertz CT molecular complexity index is 670. The first-order valence-electron chi connectivity index (χ1n) is 8.81. The number of hydrogen-bond donors (Lipinski definition) is 1. The van der Waals surface area contributed by atoms with Crippen LogP contribution in [0.15, 0.2) is 48.5 Å². The Morgan fingerprint density at radius 2 is 1.56 bits per heavy atom. The summed E-state index contributed by atoms with van der Waals surface area (Å²) < 4.78 is 27.1. The van der Waals surface area contributed by atoms with Crippen LogP contribution in [0.1, 0.15) is 23.6 Å². The molecule has 2 aromatic carbocycles. The van der Waals surface area contributed by atoms with E-state index in [1.54, 1.807) is 6.07 Å². The fourth-order valence-corrected chi connectivity index (χ4v) is 3.30. The van der Waals surface area contributed by atoms with E-state index >= 15 is 0 Å². The first-order chi connectivity index (χ1) is 12.1. The minimum atomic E-state index is -0.831. The molecule has 0 bridgehead atoms. The average Bonchev–Trinajstić information content (AvgIpc) is 2.64. The Morgan fingerprint density at radius 1 is 0.880 bits per heavy atom. The van der Waals surface area contributed by atoms with E-state index in [1.807, 2.05) is 6.07 Å². The molecule has 1 aliphatic rings. The van der Waals surface area contributed by atoms with Crippen LogP contribution in [0, 0.1) is 11.6 Å². The third kappa shape index (κ3) is 4.84. The molecule has 1 aliphatic heterocycles. The van der Waals surface area contributed by atoms with Crippen molar-refractivity contribution in [3.8, 4) is 0 Å². The van der Waals surface area contributed by atoms with Gasteiger partial charge in [0.15, 0.2) is 11.6 Å². The molecule has 0 aliphatic carbocycles. The van der Waals surface area contributed by atoms with E-state index < -0.39 is 17.7 Å². The van der Waals surface area contributed by atoms with Crippen molar-refractivity contribution in [3.63, 3.8) is 0 Å². The van der Waals surface area contributed by atoms with Crippen LogP contribution in [0.2, 0.25) is 0 Å². The Balaban J connectivity index is 1.44. The predicted octanol–water partition coefficient (Wildman–Crippen LogP) is 3.17. The molecule has 25 heavy (non-hydrogen) atoms. The maximum absolute atomic E-state index is 13.8. The van der Waals surface area contributed by atoms with E-state index in [4.69, 9.17) is 5.73 Å². The molecule has 0 aromatic heterocycles. The summed E-state index contributed by atoms with van der Waals surface area (Å²) >= 11 is 0. The van der Waals surface area contributed by atoms with Crippen molar-refractivity contribution < 1.29 is 8.78 Å². The summed E-state index contributed by atoms with van der Waals surface area (Å²) in [5.41, 5.74) is 7.67. The fourth-order valence-electron chi connectivity index (χ4n) is 3.30. The lowest BCUT2D eigenvalue weighted by Gasteiger charge is -2.35. The predicted molar refractivity (Wildman–Crippen MR) is 96.1 cm³/mol. The summed E-state index contributed by atoms with van der Waals surface area (Å²) in [6.45, 7) is 5.76. The molecule has 2 aromatic rings. The molecular weight excluding hydrogens is 320 g/mol. The lowest BCUT2D eigenvalue weighted by atomic mass is 10.0. The van der Waals surface area contributed by atoms with Crippen LogP contribution in [-0.2, 0) is 6.54 Å². The summed E-state index contributed by atoms with van der Waals surface area (Å²) in [6.07, 6.45) is 0.624. The molecule has 2 N–H and O–H groups in total. The standard InChI is InChI=1S/C20H25F2N3/c21-18-8-4-7-17(20(18)22)19(23)9-10-24-11-13-25(14-12-24)15-16-5-2-1-3-6-16/h1-8,19H,9-15,23H2. The summed E-state index contributed by atoms with van der Waals surface area (Å²) in [6, 6.07) is 14.2. The first kappa shape index (κ1) is 18.0. The van der Waals surface area contributed by atoms with Gasteiger partial charge < -0.3 is 10.6 Å². The van der Waals surface area contributed by atoms with Crippen molar-refractivity contribution in [1.82, 2.24) is 9.80 Å². The van der Waals surface area contributed by atoms with Crippen LogP contribution in [0.3, 0.4) is 0 Å². The smallest absolute Gasteiger partial charge is 0.163 e. The number of nitrogens with two attached hydrogens (primary N) is 1. The number of halogens is 2. The Labute approximate surface area is 148 Å². The van der Waals surface area contributed by atoms with Gasteiger partial charge in [0.2, 0.25) is 0 Å². The normalized spacial score (nSPS) is 17.6. The van der Waals surface area contributed by atoms with Crippen LogP contribution in [0.5, 0.6) is 0 Å². The van der Waals surface area contributed by atoms with Crippen molar-refractivity contribution in [3.05, 3.63) is 71.3 Å². The van der Waals surface area contributed by atoms with Gasteiger partial charge in [-0.15, -0.1) is 0 Å².